The molecule has 1 aliphatic carbocycles. The molecule has 2 nitrogen and oxygen atoms in total. The highest BCUT2D eigenvalue weighted by atomic mass is 32.1. The molecule has 9 aromatic rings. The number of thiophene rings is 1. The third-order valence-electron chi connectivity index (χ3n) is 13.8. The molecule has 61 heavy (non-hydrogen) atoms. The van der Waals surface area contributed by atoms with Crippen molar-refractivity contribution in [3.05, 3.63) is 186 Å². The molecule has 0 saturated heterocycles. The molecule has 0 fully saturated rings. The summed E-state index contributed by atoms with van der Waals surface area (Å²) >= 11 is 1.80. The Bertz CT molecular complexity index is 3390. The molecule has 0 N–H and O–H groups in total. The van der Waals surface area contributed by atoms with E-state index in [2.05, 4.69) is 196 Å². The van der Waals surface area contributed by atoms with E-state index in [4.69, 9.17) is 4.11 Å². The Kier molecular flexibility index (Phi) is 7.15. The first-order chi connectivity index (χ1) is 30.8. The number of aryl methyl sites for hydroxylation is 2. The predicted molar refractivity (Wildman–Crippen MR) is 264 cm³/mol. The van der Waals surface area contributed by atoms with E-state index in [9.17, 15) is 0 Å². The molecule has 1 aromatic heterocycles. The van der Waals surface area contributed by atoms with Gasteiger partial charge in [0, 0.05) is 52.7 Å². The van der Waals surface area contributed by atoms with Crippen LogP contribution in [0.5, 0.6) is 0 Å². The van der Waals surface area contributed by atoms with Crippen molar-refractivity contribution in [2.75, 3.05) is 9.80 Å². The number of hydrogen-bond donors (Lipinski definition) is 0. The zero-order chi connectivity index (χ0) is 43.9. The number of rotatable bonds is 4. The maximum Gasteiger partial charge on any atom is 0.252 e. The van der Waals surface area contributed by atoms with Gasteiger partial charge in [-0.2, -0.15) is 0 Å². The molecule has 0 atom stereocenters. The predicted octanol–water partition coefficient (Wildman–Crippen LogP) is 14.0. The average molecular weight is 806 g/mol. The molecule has 12 rings (SSSR count). The molecule has 3 aliphatic rings. The SMILES string of the molecule is [2H]C([2H])([2H])c1cc2c3c(c1)N(c1cccc4sc5ccccc5c14)c1ccc(-c4ccccc4)cc1B3c1cc3c(cc1N2c1cc(-c2ccccc2)ccc1C)C(C)(C)CC3(C)C. The number of anilines is 6. The molecule has 0 amide bonds. The third kappa shape index (κ3) is 5.41. The molecule has 0 spiro atoms. The van der Waals surface area contributed by atoms with Gasteiger partial charge in [0.2, 0.25) is 0 Å². The van der Waals surface area contributed by atoms with Gasteiger partial charge < -0.3 is 9.80 Å². The Morgan fingerprint density at radius 1 is 0.508 bits per heavy atom. The van der Waals surface area contributed by atoms with E-state index in [0.717, 1.165) is 73.8 Å². The Labute approximate surface area is 368 Å². The normalized spacial score (nSPS) is 16.4. The summed E-state index contributed by atoms with van der Waals surface area (Å²) < 4.78 is 29.7. The van der Waals surface area contributed by atoms with Crippen LogP contribution < -0.4 is 26.2 Å². The standard InChI is InChI=1S/C57H47BN2S/c1-35-28-50-55-51(29-35)60(48-31-40(25-24-36(48)2)38-18-11-8-12-19-38)49-33-43-42(56(3,4)34-57(43,5)6)32-45(49)58(55)44-30-39(37-16-9-7-10-17-37)26-27-46(44)59(50)47-21-15-23-53-54(47)41-20-13-14-22-52(41)61-53/h7-33H,34H2,1-6H3/i1D3. The summed E-state index contributed by atoms with van der Waals surface area (Å²) in [6.45, 7) is 9.20. The van der Waals surface area contributed by atoms with Crippen LogP contribution in [0.15, 0.2) is 164 Å². The monoisotopic (exact) mass is 805 g/mol. The fourth-order valence-electron chi connectivity index (χ4n) is 11.4. The minimum atomic E-state index is -2.37. The second-order valence-corrected chi connectivity index (χ2v) is 19.8. The van der Waals surface area contributed by atoms with Crippen molar-refractivity contribution < 1.29 is 4.11 Å². The number of nitrogens with zero attached hydrogens (tertiary/aromatic N) is 2. The first-order valence-electron chi connectivity index (χ1n) is 23.0. The van der Waals surface area contributed by atoms with Crippen molar-refractivity contribution in [2.24, 2.45) is 0 Å². The summed E-state index contributed by atoms with van der Waals surface area (Å²) in [5.74, 6) is 0. The summed E-state index contributed by atoms with van der Waals surface area (Å²) in [6, 6.07) is 59.2. The van der Waals surface area contributed by atoms with Gasteiger partial charge in [-0.1, -0.05) is 143 Å². The molecule has 0 radical (unpaired) electrons. The molecule has 3 heterocycles. The van der Waals surface area contributed by atoms with Crippen LogP contribution in [0.2, 0.25) is 0 Å². The maximum absolute atomic E-state index is 9.08. The van der Waals surface area contributed by atoms with Gasteiger partial charge in [-0.3, -0.25) is 0 Å². The van der Waals surface area contributed by atoms with Crippen LogP contribution in [0.4, 0.5) is 34.1 Å². The minimum absolute atomic E-state index is 0.0405. The summed E-state index contributed by atoms with van der Waals surface area (Å²) in [7, 11) is 0. The van der Waals surface area contributed by atoms with Crippen LogP contribution in [0.3, 0.4) is 0 Å². The lowest BCUT2D eigenvalue weighted by Gasteiger charge is -2.45. The van der Waals surface area contributed by atoms with Gasteiger partial charge in [-0.05, 0) is 140 Å². The number of benzene rings is 8. The van der Waals surface area contributed by atoms with E-state index in [1.807, 2.05) is 12.1 Å². The smallest absolute Gasteiger partial charge is 0.252 e. The zero-order valence-corrected chi connectivity index (χ0v) is 36.0. The van der Waals surface area contributed by atoms with Crippen molar-refractivity contribution in [1.29, 1.82) is 0 Å². The van der Waals surface area contributed by atoms with Crippen molar-refractivity contribution in [1.82, 2.24) is 0 Å². The molecule has 2 aliphatic heterocycles. The highest BCUT2D eigenvalue weighted by molar-refractivity contribution is 7.26. The summed E-state index contributed by atoms with van der Waals surface area (Å²) in [6.07, 6.45) is 1.04. The second kappa shape index (κ2) is 13.1. The summed E-state index contributed by atoms with van der Waals surface area (Å²) in [4.78, 5) is 4.82. The van der Waals surface area contributed by atoms with E-state index in [1.165, 1.54) is 42.2 Å². The Hall–Kier alpha value is -6.36. The lowest BCUT2D eigenvalue weighted by atomic mass is 9.33. The first kappa shape index (κ1) is 33.4. The lowest BCUT2D eigenvalue weighted by Crippen LogP contribution is -2.61. The lowest BCUT2D eigenvalue weighted by molar-refractivity contribution is 0.403. The molecular formula is C57H47BN2S. The quantitative estimate of drug-likeness (QED) is 0.164. The second-order valence-electron chi connectivity index (χ2n) is 18.7. The van der Waals surface area contributed by atoms with Crippen LogP contribution in [0.1, 0.15) is 60.5 Å². The fourth-order valence-corrected chi connectivity index (χ4v) is 12.5. The molecule has 4 heteroatoms. The molecule has 0 unspecified atom stereocenters. The van der Waals surface area contributed by atoms with Crippen LogP contribution in [-0.2, 0) is 10.8 Å². The van der Waals surface area contributed by atoms with Crippen molar-refractivity contribution >= 4 is 88.7 Å². The molecule has 8 aromatic carbocycles. The van der Waals surface area contributed by atoms with Crippen LogP contribution >= 0.6 is 11.3 Å². The van der Waals surface area contributed by atoms with Crippen molar-refractivity contribution in [3.63, 3.8) is 0 Å². The van der Waals surface area contributed by atoms with E-state index < -0.39 is 6.85 Å². The molecule has 0 saturated carbocycles. The highest BCUT2D eigenvalue weighted by Crippen LogP contribution is 2.54. The molecule has 0 bridgehead atoms. The zero-order valence-electron chi connectivity index (χ0n) is 38.2. The van der Waals surface area contributed by atoms with E-state index >= 15 is 0 Å². The maximum atomic E-state index is 9.08. The van der Waals surface area contributed by atoms with Gasteiger partial charge in [0.1, 0.15) is 0 Å². The van der Waals surface area contributed by atoms with E-state index in [0.29, 0.717) is 5.56 Å². The van der Waals surface area contributed by atoms with Gasteiger partial charge in [0.15, 0.2) is 0 Å². The Morgan fingerprint density at radius 2 is 1.11 bits per heavy atom. The summed E-state index contributed by atoms with van der Waals surface area (Å²) in [5.41, 5.74) is 18.3. The first-order valence-corrected chi connectivity index (χ1v) is 22.3. The summed E-state index contributed by atoms with van der Waals surface area (Å²) in [5, 5.41) is 2.37. The minimum Gasteiger partial charge on any atom is -0.311 e. The van der Waals surface area contributed by atoms with Crippen LogP contribution in [0.25, 0.3) is 42.4 Å². The van der Waals surface area contributed by atoms with Gasteiger partial charge in [0.05, 0.1) is 5.69 Å². The fraction of sp³-hybridized carbons (Fsp3) is 0.158. The van der Waals surface area contributed by atoms with E-state index in [1.54, 1.807) is 11.3 Å². The van der Waals surface area contributed by atoms with Gasteiger partial charge in [-0.25, -0.2) is 0 Å². The Balaban J connectivity index is 1.24. The van der Waals surface area contributed by atoms with Crippen molar-refractivity contribution in [2.45, 2.75) is 58.7 Å². The Morgan fingerprint density at radius 3 is 1.84 bits per heavy atom. The average Bonchev–Trinajstić information content (AvgIpc) is 3.76. The van der Waals surface area contributed by atoms with E-state index in [-0.39, 0.29) is 17.5 Å². The highest BCUT2D eigenvalue weighted by Gasteiger charge is 2.48. The van der Waals surface area contributed by atoms with Gasteiger partial charge >= 0.3 is 0 Å². The number of fused-ring (bicyclic) bond motifs is 8. The van der Waals surface area contributed by atoms with Gasteiger partial charge in [-0.15, -0.1) is 11.3 Å². The molecular weight excluding hydrogens is 756 g/mol. The van der Waals surface area contributed by atoms with Crippen LogP contribution in [0, 0.1) is 13.8 Å². The van der Waals surface area contributed by atoms with Gasteiger partial charge in [0.25, 0.3) is 6.71 Å². The molecule has 294 valence electrons. The topological polar surface area (TPSA) is 6.48 Å². The number of hydrogen-bond acceptors (Lipinski definition) is 3. The third-order valence-corrected chi connectivity index (χ3v) is 15.0. The van der Waals surface area contributed by atoms with Crippen molar-refractivity contribution in [3.8, 4) is 22.3 Å². The largest absolute Gasteiger partial charge is 0.311 e. The van der Waals surface area contributed by atoms with Crippen LogP contribution in [-0.4, -0.2) is 6.71 Å².